The summed E-state index contributed by atoms with van der Waals surface area (Å²) in [6.07, 6.45) is 1.79. The van der Waals surface area contributed by atoms with E-state index in [9.17, 15) is 0 Å². The van der Waals surface area contributed by atoms with Gasteiger partial charge in [-0.3, -0.25) is 4.98 Å². The number of hydrogen-bond donors (Lipinski definition) is 1. The van der Waals surface area contributed by atoms with Gasteiger partial charge in [0.1, 0.15) is 5.82 Å². The lowest BCUT2D eigenvalue weighted by Crippen LogP contribution is -2.05. The molecule has 1 aromatic heterocycles. The van der Waals surface area contributed by atoms with E-state index < -0.39 is 0 Å². The van der Waals surface area contributed by atoms with E-state index in [0.29, 0.717) is 5.92 Å². The highest BCUT2D eigenvalue weighted by atomic mass is 15.0. The molecule has 0 spiro atoms. The lowest BCUT2D eigenvalue weighted by atomic mass is 10.0. The maximum atomic E-state index is 4.46. The molecule has 0 saturated carbocycles. The zero-order chi connectivity index (χ0) is 13.8. The molecule has 0 aliphatic heterocycles. The number of rotatable bonds is 4. The van der Waals surface area contributed by atoms with E-state index in [0.717, 1.165) is 23.8 Å². The van der Waals surface area contributed by atoms with Gasteiger partial charge in [0.2, 0.25) is 0 Å². The van der Waals surface area contributed by atoms with Crippen LogP contribution in [0.3, 0.4) is 0 Å². The number of aromatic nitrogens is 2. The second-order valence-corrected chi connectivity index (χ2v) is 5.20. The van der Waals surface area contributed by atoms with Crippen molar-refractivity contribution in [1.29, 1.82) is 0 Å². The predicted molar refractivity (Wildman–Crippen MR) is 79.4 cm³/mol. The molecular formula is C16H21N3. The Morgan fingerprint density at radius 1 is 1.11 bits per heavy atom. The van der Waals surface area contributed by atoms with E-state index in [1.807, 2.05) is 13.8 Å². The molecule has 3 heteroatoms. The van der Waals surface area contributed by atoms with Crippen LogP contribution in [0.4, 0.5) is 5.82 Å². The lowest BCUT2D eigenvalue weighted by molar-refractivity contribution is 0.865. The number of nitrogens with zero attached hydrogens (tertiary/aromatic N) is 2. The number of benzene rings is 1. The first-order chi connectivity index (χ1) is 9.06. The summed E-state index contributed by atoms with van der Waals surface area (Å²) < 4.78 is 0. The van der Waals surface area contributed by atoms with Gasteiger partial charge in [0.25, 0.3) is 0 Å². The molecule has 0 amide bonds. The minimum absolute atomic E-state index is 0.576. The fourth-order valence-electron chi connectivity index (χ4n) is 1.91. The molecule has 0 saturated heterocycles. The Balaban J connectivity index is 2.04. The Labute approximate surface area is 115 Å². The van der Waals surface area contributed by atoms with Crippen LogP contribution in [0.1, 0.15) is 42.3 Å². The van der Waals surface area contributed by atoms with Crippen molar-refractivity contribution in [1.82, 2.24) is 9.97 Å². The van der Waals surface area contributed by atoms with E-state index in [4.69, 9.17) is 0 Å². The van der Waals surface area contributed by atoms with Crippen LogP contribution < -0.4 is 5.32 Å². The van der Waals surface area contributed by atoms with Crippen molar-refractivity contribution in [3.05, 3.63) is 53.0 Å². The van der Waals surface area contributed by atoms with Crippen molar-refractivity contribution < 1.29 is 0 Å². The van der Waals surface area contributed by atoms with Gasteiger partial charge in [0.15, 0.2) is 0 Å². The van der Waals surface area contributed by atoms with Crippen LogP contribution in [0.2, 0.25) is 0 Å². The van der Waals surface area contributed by atoms with Crippen LogP contribution in [0.5, 0.6) is 0 Å². The van der Waals surface area contributed by atoms with E-state index in [2.05, 4.69) is 53.4 Å². The molecule has 2 aromatic rings. The van der Waals surface area contributed by atoms with Gasteiger partial charge < -0.3 is 5.32 Å². The fraction of sp³-hybridized carbons (Fsp3) is 0.375. The molecule has 0 atom stereocenters. The van der Waals surface area contributed by atoms with Crippen LogP contribution in [-0.2, 0) is 6.54 Å². The van der Waals surface area contributed by atoms with Crippen molar-refractivity contribution in [2.75, 3.05) is 5.32 Å². The maximum absolute atomic E-state index is 4.46. The third-order valence-electron chi connectivity index (χ3n) is 3.18. The molecule has 0 unspecified atom stereocenters. The Morgan fingerprint density at radius 2 is 1.79 bits per heavy atom. The van der Waals surface area contributed by atoms with Crippen LogP contribution in [0.25, 0.3) is 0 Å². The molecule has 0 radical (unpaired) electrons. The molecule has 19 heavy (non-hydrogen) atoms. The average molecular weight is 255 g/mol. The largest absolute Gasteiger partial charge is 0.364 e. The topological polar surface area (TPSA) is 37.8 Å². The monoisotopic (exact) mass is 255 g/mol. The highest BCUT2D eigenvalue weighted by Crippen LogP contribution is 2.16. The normalized spacial score (nSPS) is 10.8. The molecule has 3 nitrogen and oxygen atoms in total. The first kappa shape index (κ1) is 13.5. The third kappa shape index (κ3) is 3.53. The van der Waals surface area contributed by atoms with Gasteiger partial charge in [-0.1, -0.05) is 38.1 Å². The van der Waals surface area contributed by atoms with Crippen LogP contribution >= 0.6 is 0 Å². The summed E-state index contributed by atoms with van der Waals surface area (Å²) in [5, 5.41) is 3.35. The van der Waals surface area contributed by atoms with E-state index in [1.165, 1.54) is 11.1 Å². The molecule has 100 valence electrons. The average Bonchev–Trinajstić information content (AvgIpc) is 2.40. The Kier molecular flexibility index (Phi) is 4.15. The second-order valence-electron chi connectivity index (χ2n) is 5.20. The van der Waals surface area contributed by atoms with Crippen molar-refractivity contribution in [2.45, 2.75) is 40.2 Å². The summed E-state index contributed by atoms with van der Waals surface area (Å²) in [6, 6.07) is 8.72. The van der Waals surface area contributed by atoms with Crippen molar-refractivity contribution >= 4 is 5.82 Å². The molecule has 0 fully saturated rings. The quantitative estimate of drug-likeness (QED) is 0.902. The zero-order valence-electron chi connectivity index (χ0n) is 12.1. The molecule has 1 aromatic carbocycles. The summed E-state index contributed by atoms with van der Waals surface area (Å²) in [6.45, 7) is 9.11. The van der Waals surface area contributed by atoms with Crippen LogP contribution in [0, 0.1) is 13.8 Å². The van der Waals surface area contributed by atoms with E-state index >= 15 is 0 Å². The highest BCUT2D eigenvalue weighted by Gasteiger charge is 2.02. The molecule has 2 rings (SSSR count). The fourth-order valence-corrected chi connectivity index (χ4v) is 1.91. The number of hydrogen-bond acceptors (Lipinski definition) is 3. The zero-order valence-corrected chi connectivity index (χ0v) is 12.1. The minimum atomic E-state index is 0.576. The molecular weight excluding hydrogens is 234 g/mol. The van der Waals surface area contributed by atoms with Gasteiger partial charge in [0.05, 0.1) is 11.4 Å². The van der Waals surface area contributed by atoms with Crippen molar-refractivity contribution in [2.24, 2.45) is 0 Å². The van der Waals surface area contributed by atoms with Crippen LogP contribution in [-0.4, -0.2) is 9.97 Å². The van der Waals surface area contributed by atoms with E-state index in [-0.39, 0.29) is 0 Å². The van der Waals surface area contributed by atoms with Crippen molar-refractivity contribution in [3.8, 4) is 0 Å². The Bertz CT molecular complexity index is 544. The summed E-state index contributed by atoms with van der Waals surface area (Å²) in [5.74, 6) is 1.44. The van der Waals surface area contributed by atoms with Gasteiger partial charge >= 0.3 is 0 Å². The molecule has 0 aliphatic rings. The van der Waals surface area contributed by atoms with Gasteiger partial charge in [-0.15, -0.1) is 0 Å². The molecule has 0 aliphatic carbocycles. The van der Waals surface area contributed by atoms with Gasteiger partial charge in [-0.05, 0) is 30.9 Å². The summed E-state index contributed by atoms with van der Waals surface area (Å²) in [7, 11) is 0. The van der Waals surface area contributed by atoms with Gasteiger partial charge in [-0.2, -0.15) is 0 Å². The lowest BCUT2D eigenvalue weighted by Gasteiger charge is -2.10. The highest BCUT2D eigenvalue weighted by molar-refractivity contribution is 5.40. The summed E-state index contributed by atoms with van der Waals surface area (Å²) in [4.78, 5) is 8.76. The smallest absolute Gasteiger partial charge is 0.148 e. The van der Waals surface area contributed by atoms with Crippen LogP contribution in [0.15, 0.2) is 30.5 Å². The number of aryl methyl sites for hydroxylation is 2. The molecule has 1 heterocycles. The number of anilines is 1. The van der Waals surface area contributed by atoms with Gasteiger partial charge in [-0.25, -0.2) is 4.98 Å². The van der Waals surface area contributed by atoms with Crippen molar-refractivity contribution in [3.63, 3.8) is 0 Å². The number of nitrogens with one attached hydrogen (secondary N) is 1. The van der Waals surface area contributed by atoms with Gasteiger partial charge in [0, 0.05) is 12.7 Å². The third-order valence-corrected chi connectivity index (χ3v) is 3.18. The summed E-state index contributed by atoms with van der Waals surface area (Å²) >= 11 is 0. The first-order valence-electron chi connectivity index (χ1n) is 6.69. The minimum Gasteiger partial charge on any atom is -0.364 e. The molecule has 0 bridgehead atoms. The predicted octanol–water partition coefficient (Wildman–Crippen LogP) is 3.83. The Morgan fingerprint density at radius 3 is 2.42 bits per heavy atom. The first-order valence-corrected chi connectivity index (χ1v) is 6.69. The second kappa shape index (κ2) is 5.83. The Hall–Kier alpha value is -1.90. The molecule has 1 N–H and O–H groups in total. The van der Waals surface area contributed by atoms with E-state index in [1.54, 1.807) is 6.20 Å². The maximum Gasteiger partial charge on any atom is 0.148 e. The summed E-state index contributed by atoms with van der Waals surface area (Å²) in [5.41, 5.74) is 4.50. The SMILES string of the molecule is Cc1cnc(C)c(NCc2ccc(C(C)C)cc2)n1. The standard InChI is InChI=1S/C16H21N3/c1-11(2)15-7-5-14(6-8-15)10-18-16-13(4)17-9-12(3)19-16/h5-9,11H,10H2,1-4H3,(H,18,19).